The molecule has 0 N–H and O–H groups in total. The van der Waals surface area contributed by atoms with Crippen LogP contribution in [0.4, 0.5) is 0 Å². The first-order valence-electron chi connectivity index (χ1n) is 10.9. The van der Waals surface area contributed by atoms with Crippen LogP contribution in [0.1, 0.15) is 21.1 Å². The van der Waals surface area contributed by atoms with Gasteiger partial charge in [-0.3, -0.25) is 4.79 Å². The molecule has 0 bridgehead atoms. The largest absolute Gasteiger partial charge is 0.463 e. The smallest absolute Gasteiger partial charge is 0.347 e. The molecule has 0 aliphatic rings. The first-order chi connectivity index (χ1) is 17.7. The van der Waals surface area contributed by atoms with Crippen LogP contribution >= 0.6 is 11.3 Å². The lowest BCUT2D eigenvalue weighted by Gasteiger charge is -2.04. The van der Waals surface area contributed by atoms with Gasteiger partial charge in [0.1, 0.15) is 16.9 Å². The third kappa shape index (κ3) is 3.97. The first kappa shape index (κ1) is 21.6. The Kier molecular flexibility index (Phi) is 5.44. The van der Waals surface area contributed by atoms with E-state index in [0.717, 1.165) is 22.1 Å². The fraction of sp³-hybridized carbons (Fsp3) is 0. The van der Waals surface area contributed by atoms with Crippen LogP contribution in [0, 0.1) is 0 Å². The maximum absolute atomic E-state index is 13.5. The highest BCUT2D eigenvalue weighted by Gasteiger charge is 2.21. The van der Waals surface area contributed by atoms with Gasteiger partial charge in [0.05, 0.1) is 18.2 Å². The number of hydrogen-bond donors (Lipinski definition) is 0. The molecule has 3 aromatic heterocycles. The minimum atomic E-state index is -0.724. The van der Waals surface area contributed by atoms with Crippen LogP contribution in [0.3, 0.4) is 0 Å². The van der Waals surface area contributed by atoms with Crippen molar-refractivity contribution in [2.45, 2.75) is 0 Å². The van der Waals surface area contributed by atoms with Crippen LogP contribution in [0.2, 0.25) is 0 Å². The van der Waals surface area contributed by atoms with E-state index in [1.54, 1.807) is 24.3 Å². The van der Waals surface area contributed by atoms with Gasteiger partial charge in [-0.2, -0.15) is 10.2 Å². The van der Waals surface area contributed by atoms with Crippen molar-refractivity contribution < 1.29 is 13.6 Å². The second kappa shape index (κ2) is 9.05. The maximum Gasteiger partial charge on any atom is 0.347 e. The molecule has 0 aliphatic heterocycles. The number of ketones is 1. The minimum absolute atomic E-state index is 0.0812. The number of para-hydroxylation sites is 1. The zero-order chi connectivity index (χ0) is 24.5. The van der Waals surface area contributed by atoms with Crippen LogP contribution in [0.5, 0.6) is 0 Å². The fourth-order valence-electron chi connectivity index (χ4n) is 3.82. The lowest BCUT2D eigenvalue weighted by atomic mass is 10.0. The van der Waals surface area contributed by atoms with Crippen LogP contribution in [0.15, 0.2) is 115 Å². The van der Waals surface area contributed by atoms with E-state index >= 15 is 0 Å². The zero-order valence-corrected chi connectivity index (χ0v) is 19.4. The Morgan fingerprint density at radius 1 is 0.944 bits per heavy atom. The van der Waals surface area contributed by atoms with Crippen molar-refractivity contribution in [2.75, 3.05) is 0 Å². The SMILES string of the molecule is O=C(c1nn(-c2ccccc2)/c(=N/N=C/c2ccco2)s1)c1cc2c(ccc3ccccc32)oc1=O. The van der Waals surface area contributed by atoms with Gasteiger partial charge in [0.25, 0.3) is 0 Å². The Bertz CT molecular complexity index is 1880. The molecule has 0 spiro atoms. The number of carbonyl (C=O) groups excluding carboxylic acids is 1. The molecule has 174 valence electrons. The van der Waals surface area contributed by atoms with Gasteiger partial charge in [-0.15, -0.1) is 5.10 Å². The molecule has 36 heavy (non-hydrogen) atoms. The third-order valence-corrected chi connectivity index (χ3v) is 6.41. The summed E-state index contributed by atoms with van der Waals surface area (Å²) in [6, 6.07) is 25.6. The van der Waals surface area contributed by atoms with E-state index in [2.05, 4.69) is 15.3 Å². The second-order valence-corrected chi connectivity index (χ2v) is 8.73. The minimum Gasteiger partial charge on any atom is -0.463 e. The van der Waals surface area contributed by atoms with Gasteiger partial charge in [-0.05, 0) is 47.2 Å². The van der Waals surface area contributed by atoms with Gasteiger partial charge >= 0.3 is 5.63 Å². The molecule has 0 amide bonds. The molecule has 0 saturated carbocycles. The lowest BCUT2D eigenvalue weighted by Crippen LogP contribution is -2.16. The van der Waals surface area contributed by atoms with Crippen molar-refractivity contribution in [3.63, 3.8) is 0 Å². The number of nitrogens with zero attached hydrogens (tertiary/aromatic N) is 4. The zero-order valence-electron chi connectivity index (χ0n) is 18.6. The molecule has 6 aromatic rings. The molecule has 0 unspecified atom stereocenters. The topological polar surface area (TPSA) is 103 Å². The maximum atomic E-state index is 13.5. The number of aromatic nitrogens is 2. The van der Waals surface area contributed by atoms with E-state index in [0.29, 0.717) is 27.2 Å². The number of hydrogen-bond acceptors (Lipinski definition) is 8. The highest BCUT2D eigenvalue weighted by atomic mass is 32.1. The summed E-state index contributed by atoms with van der Waals surface area (Å²) in [6.07, 6.45) is 2.99. The van der Waals surface area contributed by atoms with E-state index in [4.69, 9.17) is 8.83 Å². The summed E-state index contributed by atoms with van der Waals surface area (Å²) in [6.45, 7) is 0. The number of benzene rings is 3. The Morgan fingerprint density at radius 2 is 1.78 bits per heavy atom. The van der Waals surface area contributed by atoms with Crippen LogP contribution in [0.25, 0.3) is 27.4 Å². The summed E-state index contributed by atoms with van der Waals surface area (Å²) in [5.74, 6) is -0.0171. The van der Waals surface area contributed by atoms with E-state index in [9.17, 15) is 9.59 Å². The number of rotatable bonds is 5. The number of carbonyl (C=O) groups is 1. The van der Waals surface area contributed by atoms with Gasteiger partial charge in [0, 0.05) is 5.39 Å². The highest BCUT2D eigenvalue weighted by molar-refractivity contribution is 7.11. The quantitative estimate of drug-likeness (QED) is 0.111. The van der Waals surface area contributed by atoms with Crippen molar-refractivity contribution in [2.24, 2.45) is 10.2 Å². The van der Waals surface area contributed by atoms with Crippen molar-refractivity contribution in [1.82, 2.24) is 9.78 Å². The van der Waals surface area contributed by atoms with Crippen LogP contribution in [-0.2, 0) is 0 Å². The van der Waals surface area contributed by atoms with Gasteiger partial charge in [-0.1, -0.05) is 59.9 Å². The molecular weight excluding hydrogens is 476 g/mol. The van der Waals surface area contributed by atoms with Gasteiger partial charge in [0.15, 0.2) is 5.01 Å². The first-order valence-corrected chi connectivity index (χ1v) is 11.8. The van der Waals surface area contributed by atoms with Crippen molar-refractivity contribution in [3.05, 3.63) is 123 Å². The van der Waals surface area contributed by atoms with Crippen molar-refractivity contribution >= 4 is 45.1 Å². The fourth-order valence-corrected chi connectivity index (χ4v) is 4.64. The predicted octanol–water partition coefficient (Wildman–Crippen LogP) is 4.95. The summed E-state index contributed by atoms with van der Waals surface area (Å²) in [5.41, 5.74) is 0.282. The Hall–Kier alpha value is -4.89. The lowest BCUT2D eigenvalue weighted by molar-refractivity contribution is 0.103. The molecule has 0 fully saturated rings. The average molecular weight is 493 g/mol. The number of furan rings is 1. The Labute approximate surface area is 207 Å². The third-order valence-electron chi connectivity index (χ3n) is 5.51. The molecule has 9 heteroatoms. The molecular formula is C27H16N4O4S. The summed E-state index contributed by atoms with van der Waals surface area (Å²) >= 11 is 1.02. The predicted molar refractivity (Wildman–Crippen MR) is 137 cm³/mol. The second-order valence-electron chi connectivity index (χ2n) is 7.77. The normalized spacial score (nSPS) is 12.2. The Morgan fingerprint density at radius 3 is 2.61 bits per heavy atom. The van der Waals surface area contributed by atoms with Crippen LogP contribution in [-0.4, -0.2) is 21.8 Å². The van der Waals surface area contributed by atoms with E-state index in [-0.39, 0.29) is 10.6 Å². The van der Waals surface area contributed by atoms with Crippen molar-refractivity contribution in [1.29, 1.82) is 0 Å². The van der Waals surface area contributed by atoms with Gasteiger partial charge in [-0.25, -0.2) is 9.48 Å². The highest BCUT2D eigenvalue weighted by Crippen LogP contribution is 2.25. The molecule has 0 saturated heterocycles. The molecule has 8 nitrogen and oxygen atoms in total. The molecule has 3 aromatic carbocycles. The molecule has 0 atom stereocenters. The molecule has 0 radical (unpaired) electrons. The summed E-state index contributed by atoms with van der Waals surface area (Å²) < 4.78 is 12.3. The van der Waals surface area contributed by atoms with Gasteiger partial charge in [0.2, 0.25) is 10.6 Å². The van der Waals surface area contributed by atoms with Gasteiger partial charge < -0.3 is 8.83 Å². The Balaban J connectivity index is 1.48. The van der Waals surface area contributed by atoms with E-state index in [1.807, 2.05) is 60.7 Å². The van der Waals surface area contributed by atoms with E-state index in [1.165, 1.54) is 17.2 Å². The average Bonchev–Trinajstić information content (AvgIpc) is 3.59. The van der Waals surface area contributed by atoms with Crippen molar-refractivity contribution in [3.8, 4) is 5.69 Å². The molecule has 3 heterocycles. The summed E-state index contributed by atoms with van der Waals surface area (Å²) in [7, 11) is 0. The van der Waals surface area contributed by atoms with E-state index < -0.39 is 11.4 Å². The number of fused-ring (bicyclic) bond motifs is 3. The molecule has 6 rings (SSSR count). The standard InChI is InChI=1S/C27H16N4O4S/c32-24(22-15-21-20-11-5-4-7-17(20)12-13-23(21)35-26(22)33)25-30-31(18-8-2-1-3-9-18)27(36-25)29-28-16-19-10-6-14-34-19/h1-16H/b28-16+,29-27-. The summed E-state index contributed by atoms with van der Waals surface area (Å²) in [4.78, 5) is 26.6. The monoisotopic (exact) mass is 492 g/mol. The summed E-state index contributed by atoms with van der Waals surface area (Å²) in [5, 5.41) is 15.4. The molecule has 0 aliphatic carbocycles. The van der Waals surface area contributed by atoms with Crippen LogP contribution < -0.4 is 10.4 Å².